The first-order chi connectivity index (χ1) is 11.5. The second-order valence-electron chi connectivity index (χ2n) is 5.11. The molecule has 0 fully saturated rings. The maximum Gasteiger partial charge on any atom is 0.250 e. The summed E-state index contributed by atoms with van der Waals surface area (Å²) in [4.78, 5) is 4.14. The van der Waals surface area contributed by atoms with Crippen LogP contribution in [-0.2, 0) is 16.6 Å². The van der Waals surface area contributed by atoms with Crippen LogP contribution in [0, 0.1) is 6.92 Å². The Kier molecular flexibility index (Phi) is 6.77. The van der Waals surface area contributed by atoms with Gasteiger partial charge in [-0.05, 0) is 29.5 Å². The van der Waals surface area contributed by atoms with Crippen molar-refractivity contribution in [3.8, 4) is 0 Å². The van der Waals surface area contributed by atoms with Gasteiger partial charge in [0.1, 0.15) is 4.21 Å². The zero-order chi connectivity index (χ0) is 17.4. The molecule has 130 valence electrons. The molecule has 1 aromatic heterocycles. The van der Waals surface area contributed by atoms with Gasteiger partial charge in [-0.15, -0.1) is 11.3 Å². The Hall–Kier alpha value is -1.90. The second-order valence-corrected chi connectivity index (χ2v) is 8.05. The highest BCUT2D eigenvalue weighted by Crippen LogP contribution is 2.14. The van der Waals surface area contributed by atoms with Crippen LogP contribution in [0.25, 0.3) is 0 Å². The van der Waals surface area contributed by atoms with E-state index in [0.717, 1.165) is 0 Å². The Morgan fingerprint density at radius 3 is 2.58 bits per heavy atom. The average molecular weight is 367 g/mol. The molecule has 0 bridgehead atoms. The highest BCUT2D eigenvalue weighted by atomic mass is 32.2. The number of benzene rings is 1. The molecular weight excluding hydrogens is 344 g/mol. The molecule has 3 N–H and O–H groups in total. The minimum Gasteiger partial charge on any atom is -0.355 e. The summed E-state index contributed by atoms with van der Waals surface area (Å²) in [6.45, 7) is 3.45. The van der Waals surface area contributed by atoms with E-state index < -0.39 is 10.0 Å². The van der Waals surface area contributed by atoms with Crippen molar-refractivity contribution >= 4 is 27.3 Å². The highest BCUT2D eigenvalue weighted by Gasteiger charge is 2.13. The summed E-state index contributed by atoms with van der Waals surface area (Å²) >= 11 is 1.20. The van der Waals surface area contributed by atoms with Gasteiger partial charge in [0.15, 0.2) is 5.96 Å². The van der Waals surface area contributed by atoms with Gasteiger partial charge in [0.25, 0.3) is 0 Å². The maximum atomic E-state index is 12.0. The number of rotatable bonds is 7. The normalized spacial score (nSPS) is 12.2. The Bertz CT molecular complexity index is 771. The van der Waals surface area contributed by atoms with Gasteiger partial charge in [0, 0.05) is 26.7 Å². The third-order valence-corrected chi connectivity index (χ3v) is 6.26. The van der Waals surface area contributed by atoms with Gasteiger partial charge in [0.2, 0.25) is 10.0 Å². The van der Waals surface area contributed by atoms with Crippen LogP contribution in [-0.4, -0.2) is 34.5 Å². The number of nitrogens with one attached hydrogen (secondary N) is 3. The summed E-state index contributed by atoms with van der Waals surface area (Å²) in [7, 11) is -1.73. The average Bonchev–Trinajstić information content (AvgIpc) is 3.11. The largest absolute Gasteiger partial charge is 0.355 e. The zero-order valence-corrected chi connectivity index (χ0v) is 15.4. The lowest BCUT2D eigenvalue weighted by Gasteiger charge is -2.13. The van der Waals surface area contributed by atoms with E-state index in [9.17, 15) is 8.42 Å². The lowest BCUT2D eigenvalue weighted by Crippen LogP contribution is -2.41. The summed E-state index contributed by atoms with van der Waals surface area (Å²) in [6, 6.07) is 11.4. The first-order valence-corrected chi connectivity index (χ1v) is 9.91. The number of hydrogen-bond acceptors (Lipinski definition) is 4. The Balaban J connectivity index is 1.75. The number of nitrogens with zero attached hydrogens (tertiary/aromatic N) is 1. The minimum atomic E-state index is -3.41. The Morgan fingerprint density at radius 1 is 1.12 bits per heavy atom. The lowest BCUT2D eigenvalue weighted by molar-refractivity contribution is 0.582. The molecule has 8 heteroatoms. The van der Waals surface area contributed by atoms with Crippen molar-refractivity contribution in [2.75, 3.05) is 20.1 Å². The molecule has 1 aromatic carbocycles. The third-order valence-electron chi connectivity index (χ3n) is 3.40. The number of aliphatic imine (C=N–C) groups is 1. The van der Waals surface area contributed by atoms with E-state index in [0.29, 0.717) is 23.3 Å². The maximum absolute atomic E-state index is 12.0. The molecule has 0 aliphatic rings. The highest BCUT2D eigenvalue weighted by molar-refractivity contribution is 7.91. The van der Waals surface area contributed by atoms with E-state index in [2.05, 4.69) is 39.4 Å². The molecule has 0 amide bonds. The quantitative estimate of drug-likeness (QED) is 0.396. The molecule has 0 saturated carbocycles. The van der Waals surface area contributed by atoms with Crippen LogP contribution in [0.3, 0.4) is 0 Å². The summed E-state index contributed by atoms with van der Waals surface area (Å²) in [6.07, 6.45) is 0. The van der Waals surface area contributed by atoms with Crippen molar-refractivity contribution in [3.63, 3.8) is 0 Å². The van der Waals surface area contributed by atoms with Crippen LogP contribution in [0.2, 0.25) is 0 Å². The van der Waals surface area contributed by atoms with Crippen molar-refractivity contribution in [2.24, 2.45) is 4.99 Å². The van der Waals surface area contributed by atoms with Gasteiger partial charge in [0.05, 0.1) is 0 Å². The fourth-order valence-electron chi connectivity index (χ4n) is 2.06. The van der Waals surface area contributed by atoms with Gasteiger partial charge in [-0.25, -0.2) is 13.1 Å². The summed E-state index contributed by atoms with van der Waals surface area (Å²) in [5.74, 6) is 0.633. The molecule has 6 nitrogen and oxygen atoms in total. The van der Waals surface area contributed by atoms with E-state index in [1.54, 1.807) is 24.6 Å². The molecule has 0 aliphatic heterocycles. The first-order valence-electron chi connectivity index (χ1n) is 7.55. The standard InChI is InChI=1S/C16H22N4O2S2/c1-13-6-3-4-7-14(13)12-19-16(17-2)18-9-10-20-24(21,22)15-8-5-11-23-15/h3-8,11,20H,9-10,12H2,1-2H3,(H2,17,18,19). The van der Waals surface area contributed by atoms with Gasteiger partial charge < -0.3 is 10.6 Å². The van der Waals surface area contributed by atoms with Crippen molar-refractivity contribution < 1.29 is 8.42 Å². The van der Waals surface area contributed by atoms with Gasteiger partial charge in [-0.1, -0.05) is 30.3 Å². The minimum absolute atomic E-state index is 0.283. The summed E-state index contributed by atoms with van der Waals surface area (Å²) < 4.78 is 26.8. The fourth-order valence-corrected chi connectivity index (χ4v) is 4.13. The van der Waals surface area contributed by atoms with E-state index in [1.807, 2.05) is 12.1 Å². The number of hydrogen-bond donors (Lipinski definition) is 3. The van der Waals surface area contributed by atoms with Gasteiger partial charge >= 0.3 is 0 Å². The molecule has 0 atom stereocenters. The molecule has 2 rings (SSSR count). The molecule has 24 heavy (non-hydrogen) atoms. The Morgan fingerprint density at radius 2 is 1.92 bits per heavy atom. The van der Waals surface area contributed by atoms with E-state index in [-0.39, 0.29) is 6.54 Å². The SMILES string of the molecule is CN=C(NCCNS(=O)(=O)c1cccs1)NCc1ccccc1C. The first kappa shape index (κ1) is 18.4. The predicted molar refractivity (Wildman–Crippen MR) is 98.9 cm³/mol. The molecule has 1 heterocycles. The Labute approximate surface area is 147 Å². The van der Waals surface area contributed by atoms with Crippen LogP contribution >= 0.6 is 11.3 Å². The topological polar surface area (TPSA) is 82.6 Å². The number of guanidine groups is 1. The molecule has 0 saturated heterocycles. The number of thiophene rings is 1. The van der Waals surface area contributed by atoms with Crippen LogP contribution in [0.1, 0.15) is 11.1 Å². The fraction of sp³-hybridized carbons (Fsp3) is 0.312. The van der Waals surface area contributed by atoms with E-state index in [4.69, 9.17) is 0 Å². The predicted octanol–water partition coefficient (Wildman–Crippen LogP) is 1.70. The summed E-state index contributed by atoms with van der Waals surface area (Å²) in [5.41, 5.74) is 2.41. The molecular formula is C16H22N4O2S2. The van der Waals surface area contributed by atoms with Gasteiger partial charge in [-0.2, -0.15) is 0 Å². The monoisotopic (exact) mass is 366 g/mol. The van der Waals surface area contributed by atoms with Crippen LogP contribution < -0.4 is 15.4 Å². The lowest BCUT2D eigenvalue weighted by atomic mass is 10.1. The third kappa shape index (κ3) is 5.33. The van der Waals surface area contributed by atoms with Crippen molar-refractivity contribution in [2.45, 2.75) is 17.7 Å². The van der Waals surface area contributed by atoms with Crippen LogP contribution in [0.15, 0.2) is 51.0 Å². The molecule has 0 spiro atoms. The summed E-state index contributed by atoms with van der Waals surface area (Å²) in [5, 5.41) is 8.05. The molecule has 0 aliphatic carbocycles. The van der Waals surface area contributed by atoms with Crippen molar-refractivity contribution in [1.29, 1.82) is 0 Å². The van der Waals surface area contributed by atoms with Gasteiger partial charge in [-0.3, -0.25) is 4.99 Å². The molecule has 0 unspecified atom stereocenters. The number of aryl methyl sites for hydroxylation is 1. The van der Waals surface area contributed by atoms with E-state index >= 15 is 0 Å². The van der Waals surface area contributed by atoms with Crippen molar-refractivity contribution in [3.05, 3.63) is 52.9 Å². The van der Waals surface area contributed by atoms with Crippen molar-refractivity contribution in [1.82, 2.24) is 15.4 Å². The van der Waals surface area contributed by atoms with E-state index in [1.165, 1.54) is 22.5 Å². The second kappa shape index (κ2) is 8.81. The van der Waals surface area contributed by atoms with Crippen LogP contribution in [0.5, 0.6) is 0 Å². The van der Waals surface area contributed by atoms with Crippen LogP contribution in [0.4, 0.5) is 0 Å². The molecule has 2 aromatic rings. The smallest absolute Gasteiger partial charge is 0.250 e. The molecule has 0 radical (unpaired) electrons. The zero-order valence-electron chi connectivity index (χ0n) is 13.7. The number of sulfonamides is 1.